The van der Waals surface area contributed by atoms with Crippen molar-refractivity contribution in [2.24, 2.45) is 0 Å². The molecule has 4 aromatic heterocycles. The van der Waals surface area contributed by atoms with E-state index >= 15 is 0 Å². The molecule has 4 aromatic rings. The Labute approximate surface area is 142 Å². The highest BCUT2D eigenvalue weighted by Gasteiger charge is 2.09. The zero-order chi connectivity index (χ0) is 17.4. The van der Waals surface area contributed by atoms with E-state index in [1.165, 1.54) is 12.7 Å². The van der Waals surface area contributed by atoms with Gasteiger partial charge in [0.2, 0.25) is 23.2 Å². The van der Waals surface area contributed by atoms with Crippen LogP contribution in [0.1, 0.15) is 0 Å². The number of hydrogen-bond donors (Lipinski definition) is 6. The summed E-state index contributed by atoms with van der Waals surface area (Å²) in [5, 5.41) is 18.4. The van der Waals surface area contributed by atoms with E-state index in [1.807, 2.05) is 0 Å². The largest absolute Gasteiger partial charge is 0.423 e. The second-order valence-electron chi connectivity index (χ2n) is 4.38. The number of H-pyrrole nitrogens is 2. The van der Waals surface area contributed by atoms with Crippen molar-refractivity contribution in [3.8, 4) is 0 Å². The van der Waals surface area contributed by atoms with E-state index in [2.05, 4.69) is 29.9 Å². The summed E-state index contributed by atoms with van der Waals surface area (Å²) in [5.74, 6) is -0.556. The van der Waals surface area contributed by atoms with E-state index < -0.39 is 11.1 Å². The van der Waals surface area contributed by atoms with E-state index in [-0.39, 0.29) is 46.6 Å². The Balaban J connectivity index is 0.000000173. The van der Waals surface area contributed by atoms with Crippen molar-refractivity contribution >= 4 is 46.6 Å². The predicted octanol–water partition coefficient (Wildman–Crippen LogP) is -1.70. The fraction of sp³-hybridized carbons (Fsp3) is 0. The molecule has 4 rings (SSSR count). The van der Waals surface area contributed by atoms with Crippen LogP contribution in [0.25, 0.3) is 22.3 Å². The third-order valence-electron chi connectivity index (χ3n) is 2.93. The minimum atomic E-state index is -0.537. The van der Waals surface area contributed by atoms with Crippen molar-refractivity contribution in [3.63, 3.8) is 0 Å². The molecule has 0 aliphatic carbocycles. The molecule has 8 N–H and O–H groups in total. The maximum atomic E-state index is 11.0. The minimum Gasteiger partial charge on any atom is -0.423 e. The lowest BCUT2D eigenvalue weighted by Crippen LogP contribution is -2.16. The Kier molecular flexibility index (Phi) is 4.46. The molecule has 0 radical (unpaired) electrons. The van der Waals surface area contributed by atoms with Gasteiger partial charge in [0.15, 0.2) is 11.0 Å². The molecule has 0 bridgehead atoms. The first-order valence-electron chi connectivity index (χ1n) is 6.22. The summed E-state index contributed by atoms with van der Waals surface area (Å²) in [5.41, 5.74) is 9.73. The summed E-state index contributed by atoms with van der Waals surface area (Å²) in [4.78, 5) is 41.1. The first kappa shape index (κ1) is 17.5. The summed E-state index contributed by atoms with van der Waals surface area (Å²) >= 11 is 0. The molecule has 15 heteroatoms. The summed E-state index contributed by atoms with van der Waals surface area (Å²) in [6.45, 7) is 0. The van der Waals surface area contributed by atoms with E-state index in [0.717, 1.165) is 0 Å². The smallest absolute Gasteiger partial charge is 0.300 e. The van der Waals surface area contributed by atoms with Gasteiger partial charge in [-0.05, 0) is 0 Å². The second kappa shape index (κ2) is 6.36. The standard InChI is InChI=1S/2C5H5N5O2.ClH/c2*6-5-9-4(11)2-3(10(5)12)8-1-7-2;/h2*1,12H,(H,7,8)(H2,6,9,11);1H. The average molecular weight is 371 g/mol. The van der Waals surface area contributed by atoms with Gasteiger partial charge in [0.1, 0.15) is 0 Å². The number of halogens is 1. The first-order chi connectivity index (χ1) is 11.4. The van der Waals surface area contributed by atoms with Crippen LogP contribution in [-0.2, 0) is 0 Å². The summed E-state index contributed by atoms with van der Waals surface area (Å²) in [6.07, 6.45) is 2.56. The van der Waals surface area contributed by atoms with Crippen LogP contribution in [0.3, 0.4) is 0 Å². The number of hydrogen-bond acceptors (Lipinski definition) is 10. The second-order valence-corrected chi connectivity index (χ2v) is 4.38. The summed E-state index contributed by atoms with van der Waals surface area (Å²) in [7, 11) is 0. The Hall–Kier alpha value is -3.81. The van der Waals surface area contributed by atoms with Gasteiger partial charge < -0.3 is 31.8 Å². The van der Waals surface area contributed by atoms with Crippen molar-refractivity contribution in [2.45, 2.75) is 0 Å². The highest BCUT2D eigenvalue weighted by Crippen LogP contribution is 2.04. The zero-order valence-corrected chi connectivity index (χ0v) is 12.9. The lowest BCUT2D eigenvalue weighted by atomic mass is 10.5. The predicted molar refractivity (Wildman–Crippen MR) is 86.7 cm³/mol. The maximum Gasteiger partial charge on any atom is 0.300 e. The molecule has 0 aliphatic heterocycles. The molecule has 0 amide bonds. The molecule has 0 spiro atoms. The molecule has 0 saturated heterocycles. The van der Waals surface area contributed by atoms with Gasteiger partial charge in [-0.2, -0.15) is 9.97 Å². The van der Waals surface area contributed by atoms with Crippen LogP contribution < -0.4 is 22.6 Å². The Bertz CT molecular complexity index is 1070. The van der Waals surface area contributed by atoms with Gasteiger partial charge in [0.25, 0.3) is 0 Å². The molecule has 25 heavy (non-hydrogen) atoms. The fourth-order valence-electron chi connectivity index (χ4n) is 1.84. The van der Waals surface area contributed by atoms with Crippen LogP contribution in [0, 0.1) is 0 Å². The molecule has 0 unspecified atom stereocenters. The fourth-order valence-corrected chi connectivity index (χ4v) is 1.84. The summed E-state index contributed by atoms with van der Waals surface area (Å²) < 4.78 is 1.10. The minimum absolute atomic E-state index is 0. The number of fused-ring (bicyclic) bond motifs is 2. The van der Waals surface area contributed by atoms with Gasteiger partial charge in [0, 0.05) is 0 Å². The molecule has 132 valence electrons. The van der Waals surface area contributed by atoms with Gasteiger partial charge in [-0.1, -0.05) is 0 Å². The van der Waals surface area contributed by atoms with E-state index in [4.69, 9.17) is 11.5 Å². The van der Waals surface area contributed by atoms with Crippen LogP contribution in [-0.4, -0.2) is 49.8 Å². The number of imidazole rings is 2. The van der Waals surface area contributed by atoms with E-state index in [9.17, 15) is 20.0 Å². The lowest BCUT2D eigenvalue weighted by molar-refractivity contribution is 0.199. The van der Waals surface area contributed by atoms with Gasteiger partial charge in [-0.15, -0.1) is 21.9 Å². The Morgan fingerprint density at radius 1 is 0.840 bits per heavy atom. The molecule has 0 atom stereocenters. The third kappa shape index (κ3) is 2.88. The van der Waals surface area contributed by atoms with Crippen LogP contribution in [0.5, 0.6) is 0 Å². The molecule has 14 nitrogen and oxygen atoms in total. The molecule has 4 heterocycles. The number of nitrogen functional groups attached to an aromatic ring is 2. The molecular weight excluding hydrogens is 360 g/mol. The summed E-state index contributed by atoms with van der Waals surface area (Å²) in [6, 6.07) is 0. The average Bonchev–Trinajstić information content (AvgIpc) is 3.20. The Morgan fingerprint density at radius 3 is 1.56 bits per heavy atom. The zero-order valence-electron chi connectivity index (χ0n) is 12.1. The van der Waals surface area contributed by atoms with Gasteiger partial charge in [0.05, 0.1) is 12.7 Å². The van der Waals surface area contributed by atoms with Crippen molar-refractivity contribution in [1.29, 1.82) is 0 Å². The van der Waals surface area contributed by atoms with E-state index in [0.29, 0.717) is 9.46 Å². The topological polar surface area (TPSA) is 220 Å². The van der Waals surface area contributed by atoms with Crippen LogP contribution in [0.2, 0.25) is 0 Å². The number of anilines is 2. The van der Waals surface area contributed by atoms with Crippen molar-refractivity contribution in [3.05, 3.63) is 33.4 Å². The molecule has 0 saturated carbocycles. The van der Waals surface area contributed by atoms with E-state index in [1.54, 1.807) is 0 Å². The maximum absolute atomic E-state index is 11.0. The molecule has 0 aromatic carbocycles. The van der Waals surface area contributed by atoms with Crippen molar-refractivity contribution in [2.75, 3.05) is 11.5 Å². The number of aromatic amines is 2. The van der Waals surface area contributed by atoms with Crippen LogP contribution in [0.4, 0.5) is 11.9 Å². The van der Waals surface area contributed by atoms with Crippen LogP contribution in [0.15, 0.2) is 22.2 Å². The molecule has 0 aliphatic rings. The van der Waals surface area contributed by atoms with Crippen molar-refractivity contribution < 1.29 is 10.4 Å². The number of nitrogens with zero attached hydrogens (tertiary/aromatic N) is 6. The van der Waals surface area contributed by atoms with Crippen LogP contribution >= 0.6 is 12.4 Å². The Morgan fingerprint density at radius 2 is 1.20 bits per heavy atom. The normalized spacial score (nSPS) is 10.2. The molecule has 0 fully saturated rings. The monoisotopic (exact) mass is 370 g/mol. The first-order valence-corrected chi connectivity index (χ1v) is 6.22. The quantitative estimate of drug-likeness (QED) is 0.192. The number of nitrogens with two attached hydrogens (primary N) is 2. The highest BCUT2D eigenvalue weighted by atomic mass is 35.5. The number of rotatable bonds is 0. The number of nitrogens with one attached hydrogen (secondary N) is 2. The third-order valence-corrected chi connectivity index (χ3v) is 2.93. The highest BCUT2D eigenvalue weighted by molar-refractivity contribution is 5.85. The molecular formula is C10H11ClN10O4. The van der Waals surface area contributed by atoms with Gasteiger partial charge >= 0.3 is 11.1 Å². The van der Waals surface area contributed by atoms with Crippen molar-refractivity contribution in [1.82, 2.24) is 39.4 Å². The number of aromatic nitrogens is 8. The lowest BCUT2D eigenvalue weighted by Gasteiger charge is -1.98. The SMILES string of the molecule is Cl.Nc1nc(=O)c2[nH]cnc2n1O.Nc1nc(=O)c2[nH]cnc2n1O. The van der Waals surface area contributed by atoms with Gasteiger partial charge in [-0.25, -0.2) is 9.97 Å². The van der Waals surface area contributed by atoms with Gasteiger partial charge in [-0.3, -0.25) is 9.59 Å².